The molecule has 4 aromatic rings. The third-order valence-corrected chi connectivity index (χ3v) is 8.15. The average molecular weight is 538 g/mol. The zero-order chi connectivity index (χ0) is 26.9. The van der Waals surface area contributed by atoms with Gasteiger partial charge in [-0.1, -0.05) is 36.4 Å². The van der Waals surface area contributed by atoms with E-state index in [1.807, 2.05) is 30.3 Å². The first-order valence-electron chi connectivity index (χ1n) is 12.5. The van der Waals surface area contributed by atoms with Crippen molar-refractivity contribution < 1.29 is 28.3 Å². The molecule has 1 atom stereocenters. The Morgan fingerprint density at radius 3 is 2.46 bits per heavy atom. The Kier molecular flexibility index (Phi) is 6.62. The Labute approximate surface area is 228 Å². The van der Waals surface area contributed by atoms with Crippen LogP contribution in [0.15, 0.2) is 89.5 Å². The summed E-state index contributed by atoms with van der Waals surface area (Å²) in [4.78, 5) is 51.9. The highest BCUT2D eigenvalue weighted by molar-refractivity contribution is 7.99. The van der Waals surface area contributed by atoms with Crippen LogP contribution >= 0.6 is 11.8 Å². The summed E-state index contributed by atoms with van der Waals surface area (Å²) in [5.74, 6) is -0.306. The molecule has 1 saturated heterocycles. The van der Waals surface area contributed by atoms with E-state index >= 15 is 0 Å². The van der Waals surface area contributed by atoms with Crippen LogP contribution in [0.4, 0.5) is 5.69 Å². The summed E-state index contributed by atoms with van der Waals surface area (Å²) in [6.07, 6.45) is 2.44. The molecular formula is C31H23NO6S. The number of carbonyl (C=O) groups excluding carboxylic acids is 4. The van der Waals surface area contributed by atoms with Crippen molar-refractivity contribution in [1.82, 2.24) is 0 Å². The Hall–Kier alpha value is -4.43. The van der Waals surface area contributed by atoms with E-state index in [4.69, 9.17) is 9.15 Å². The van der Waals surface area contributed by atoms with Crippen molar-refractivity contribution in [3.63, 3.8) is 0 Å². The third-order valence-electron chi connectivity index (χ3n) is 6.92. The maximum absolute atomic E-state index is 12.9. The molecule has 2 amide bonds. The number of nitrogens with zero attached hydrogens (tertiary/aromatic N) is 1. The first-order chi connectivity index (χ1) is 19.0. The van der Waals surface area contributed by atoms with E-state index in [2.05, 4.69) is 12.1 Å². The van der Waals surface area contributed by atoms with Crippen molar-refractivity contribution in [3.05, 3.63) is 113 Å². The molecule has 6 rings (SSSR count). The number of ketones is 1. The number of furan rings is 1. The lowest BCUT2D eigenvalue weighted by Gasteiger charge is -2.15. The van der Waals surface area contributed by atoms with Crippen LogP contribution in [0.2, 0.25) is 0 Å². The molecule has 2 heterocycles. The molecule has 3 aromatic carbocycles. The van der Waals surface area contributed by atoms with Crippen LogP contribution in [0.25, 0.3) is 11.1 Å². The van der Waals surface area contributed by atoms with Crippen molar-refractivity contribution >= 4 is 41.0 Å². The van der Waals surface area contributed by atoms with E-state index in [-0.39, 0.29) is 36.2 Å². The Morgan fingerprint density at radius 2 is 1.67 bits per heavy atom. The lowest BCUT2D eigenvalue weighted by Crippen LogP contribution is -2.31. The van der Waals surface area contributed by atoms with Gasteiger partial charge in [0.05, 0.1) is 28.5 Å². The number of esters is 1. The van der Waals surface area contributed by atoms with Gasteiger partial charge in [0.15, 0.2) is 12.4 Å². The molecule has 0 radical (unpaired) electrons. The quantitative estimate of drug-likeness (QED) is 0.147. The van der Waals surface area contributed by atoms with E-state index in [0.717, 1.165) is 28.2 Å². The average Bonchev–Trinajstić information content (AvgIpc) is 3.67. The van der Waals surface area contributed by atoms with Crippen LogP contribution in [0.3, 0.4) is 0 Å². The molecule has 194 valence electrons. The molecule has 0 spiro atoms. The van der Waals surface area contributed by atoms with Gasteiger partial charge in [-0.15, -0.1) is 11.8 Å². The Balaban J connectivity index is 1.05. The molecule has 1 aromatic heterocycles. The van der Waals surface area contributed by atoms with Crippen molar-refractivity contribution in [1.29, 1.82) is 0 Å². The lowest BCUT2D eigenvalue weighted by atomic mass is 10.0. The maximum Gasteiger partial charge on any atom is 0.338 e. The van der Waals surface area contributed by atoms with Crippen LogP contribution in [0.1, 0.15) is 44.0 Å². The number of thioether (sulfide) groups is 1. The molecule has 0 bridgehead atoms. The van der Waals surface area contributed by atoms with Crippen LogP contribution in [0.5, 0.6) is 0 Å². The third kappa shape index (κ3) is 4.91. The topological polar surface area (TPSA) is 93.9 Å². The van der Waals surface area contributed by atoms with E-state index in [1.54, 1.807) is 18.4 Å². The van der Waals surface area contributed by atoms with Gasteiger partial charge in [-0.25, -0.2) is 9.69 Å². The molecule has 8 heteroatoms. The highest BCUT2D eigenvalue weighted by Crippen LogP contribution is 2.37. The molecule has 0 N–H and O–H groups in total. The minimum absolute atomic E-state index is 0.102. The van der Waals surface area contributed by atoms with Gasteiger partial charge < -0.3 is 9.15 Å². The summed E-state index contributed by atoms with van der Waals surface area (Å²) in [6, 6.07) is 23.4. The van der Waals surface area contributed by atoms with Gasteiger partial charge in [0.25, 0.3) is 0 Å². The number of Topliss-reactive ketones (excluding diaryl/α,β-unsaturated/α-hetero) is 1. The van der Waals surface area contributed by atoms with Gasteiger partial charge in [-0.05, 0) is 71.1 Å². The molecule has 39 heavy (non-hydrogen) atoms. The number of rotatable bonds is 8. The summed E-state index contributed by atoms with van der Waals surface area (Å²) in [5.41, 5.74) is 5.72. The molecule has 2 aliphatic rings. The van der Waals surface area contributed by atoms with Crippen LogP contribution < -0.4 is 4.90 Å². The monoisotopic (exact) mass is 537 g/mol. The highest BCUT2D eigenvalue weighted by Gasteiger charge is 2.40. The van der Waals surface area contributed by atoms with Crippen molar-refractivity contribution in [3.8, 4) is 11.1 Å². The predicted molar refractivity (Wildman–Crippen MR) is 147 cm³/mol. The summed E-state index contributed by atoms with van der Waals surface area (Å²) in [6.45, 7) is -0.385. The number of hydrogen-bond donors (Lipinski definition) is 0. The van der Waals surface area contributed by atoms with Crippen LogP contribution in [-0.2, 0) is 26.5 Å². The van der Waals surface area contributed by atoms with Gasteiger partial charge >= 0.3 is 5.97 Å². The molecular weight excluding hydrogens is 514 g/mol. The summed E-state index contributed by atoms with van der Waals surface area (Å²) >= 11 is 1.36. The Morgan fingerprint density at radius 1 is 0.897 bits per heavy atom. The number of hydrogen-bond acceptors (Lipinski definition) is 7. The minimum Gasteiger partial charge on any atom is -0.468 e. The molecule has 1 aliphatic heterocycles. The molecule has 0 saturated carbocycles. The number of ether oxygens (including phenoxy) is 1. The largest absolute Gasteiger partial charge is 0.468 e. The number of fused-ring (bicyclic) bond motifs is 3. The molecule has 7 nitrogen and oxygen atoms in total. The number of imide groups is 1. The van der Waals surface area contributed by atoms with Gasteiger partial charge in [0.2, 0.25) is 11.8 Å². The SMILES string of the molecule is O=C(COC(=O)c1ccc(N2C(=O)CC(SCc3ccco3)C2=O)cc1)c1ccc2c(c1)Cc1ccccc1-2. The second-order valence-electron chi connectivity index (χ2n) is 9.40. The van der Waals surface area contributed by atoms with Gasteiger partial charge in [-0.3, -0.25) is 14.4 Å². The summed E-state index contributed by atoms with van der Waals surface area (Å²) in [7, 11) is 0. The lowest BCUT2D eigenvalue weighted by molar-refractivity contribution is -0.121. The zero-order valence-electron chi connectivity index (χ0n) is 20.8. The number of anilines is 1. The van der Waals surface area contributed by atoms with Gasteiger partial charge in [0.1, 0.15) is 5.76 Å². The minimum atomic E-state index is -0.658. The fourth-order valence-electron chi connectivity index (χ4n) is 4.95. The smallest absolute Gasteiger partial charge is 0.338 e. The van der Waals surface area contributed by atoms with E-state index < -0.39 is 11.2 Å². The predicted octanol–water partition coefficient (Wildman–Crippen LogP) is 5.46. The van der Waals surface area contributed by atoms with Crippen molar-refractivity contribution in [2.45, 2.75) is 23.8 Å². The van der Waals surface area contributed by atoms with Gasteiger partial charge in [0, 0.05) is 12.0 Å². The first-order valence-corrected chi connectivity index (χ1v) is 13.5. The van der Waals surface area contributed by atoms with E-state index in [1.165, 1.54) is 47.2 Å². The standard InChI is InChI=1S/C31H23NO6S/c33-27(21-9-12-26-22(15-21)14-20-4-1-2-6-25(20)26)17-38-31(36)19-7-10-23(11-8-19)32-29(34)16-28(30(32)35)39-18-24-5-3-13-37-24/h1-13,15,28H,14,16-18H2. The molecule has 1 aliphatic carbocycles. The number of carbonyl (C=O) groups is 4. The fraction of sp³-hybridized carbons (Fsp3) is 0.161. The molecule has 1 fully saturated rings. The maximum atomic E-state index is 12.9. The van der Waals surface area contributed by atoms with Crippen LogP contribution in [0, 0.1) is 0 Å². The van der Waals surface area contributed by atoms with Gasteiger partial charge in [-0.2, -0.15) is 0 Å². The van der Waals surface area contributed by atoms with E-state index in [9.17, 15) is 19.2 Å². The Bertz CT molecular complexity index is 1590. The number of benzene rings is 3. The molecule has 1 unspecified atom stereocenters. The summed E-state index contributed by atoms with van der Waals surface area (Å²) < 4.78 is 10.6. The summed E-state index contributed by atoms with van der Waals surface area (Å²) in [5, 5.41) is -0.494. The van der Waals surface area contributed by atoms with E-state index in [0.29, 0.717) is 17.0 Å². The van der Waals surface area contributed by atoms with Crippen molar-refractivity contribution in [2.75, 3.05) is 11.5 Å². The zero-order valence-corrected chi connectivity index (χ0v) is 21.6. The normalized spacial score (nSPS) is 15.8. The number of amides is 2. The van der Waals surface area contributed by atoms with Crippen LogP contribution in [-0.4, -0.2) is 35.4 Å². The first kappa shape index (κ1) is 24.9. The fourth-order valence-corrected chi connectivity index (χ4v) is 5.98. The van der Waals surface area contributed by atoms with Crippen molar-refractivity contribution in [2.24, 2.45) is 0 Å². The highest BCUT2D eigenvalue weighted by atomic mass is 32.2. The second-order valence-corrected chi connectivity index (χ2v) is 10.6. The second kappa shape index (κ2) is 10.4.